The van der Waals surface area contributed by atoms with Gasteiger partial charge in [0.2, 0.25) is 5.91 Å². The third-order valence-electron chi connectivity index (χ3n) is 1.63. The van der Waals surface area contributed by atoms with Crippen LogP contribution in [0.3, 0.4) is 0 Å². The summed E-state index contributed by atoms with van der Waals surface area (Å²) in [7, 11) is 0. The van der Waals surface area contributed by atoms with Crippen LogP contribution in [0.15, 0.2) is 24.3 Å². The van der Waals surface area contributed by atoms with Crippen LogP contribution in [0.4, 0.5) is 0 Å². The van der Waals surface area contributed by atoms with Gasteiger partial charge in [-0.3, -0.25) is 4.79 Å². The van der Waals surface area contributed by atoms with E-state index in [1.54, 1.807) is 1.33 Å². The number of nitrogens with zero attached hydrogens (tertiary/aromatic N) is 1. The lowest BCUT2D eigenvalue weighted by atomic mass is 10.1. The van der Waals surface area contributed by atoms with E-state index in [4.69, 9.17) is 0 Å². The molecule has 0 spiro atoms. The normalized spacial score (nSPS) is 9.77. The number of hydrogen-bond acceptors (Lipinski definition) is 1. The molecule has 0 bridgehead atoms. The van der Waals surface area contributed by atoms with Crippen molar-refractivity contribution in [3.63, 3.8) is 0 Å². The molecule has 4 heteroatoms. The summed E-state index contributed by atoms with van der Waals surface area (Å²) in [6, 6.07) is 8.01. The number of halogens is 2. The number of amides is 1. The van der Waals surface area contributed by atoms with Gasteiger partial charge in [0.15, 0.2) is 0 Å². The molecule has 0 atom stereocenters. The Morgan fingerprint density at radius 2 is 2.15 bits per heavy atom. The van der Waals surface area contributed by atoms with Gasteiger partial charge in [-0.1, -0.05) is 29.8 Å². The van der Waals surface area contributed by atoms with Gasteiger partial charge in [0, 0.05) is 0 Å². The lowest BCUT2D eigenvalue weighted by molar-refractivity contribution is -0.120. The van der Waals surface area contributed by atoms with Gasteiger partial charge in [-0.05, 0) is 12.5 Å². The minimum absolute atomic E-state index is 0.117. The summed E-state index contributed by atoms with van der Waals surface area (Å²) in [5.74, 6) is 0.117. The molecule has 0 saturated carbocycles. The molecule has 0 unspecified atom stereocenters. The Bertz CT molecular complexity index is 312. The van der Waals surface area contributed by atoms with Crippen molar-refractivity contribution < 1.29 is 4.79 Å². The van der Waals surface area contributed by atoms with E-state index in [1.807, 2.05) is 76.9 Å². The van der Waals surface area contributed by atoms with Gasteiger partial charge in [-0.15, -0.1) is 0 Å². The molecule has 0 N–H and O–H groups in total. The summed E-state index contributed by atoms with van der Waals surface area (Å²) >= 11 is 3.95. The van der Waals surface area contributed by atoms with Crippen molar-refractivity contribution in [2.75, 3.05) is 0 Å². The molecular formula is C9H9I2NO. The molecule has 70 valence electrons. The van der Waals surface area contributed by atoms with Crippen LogP contribution < -0.4 is 0 Å². The molecule has 0 radical (unpaired) electrons. The summed E-state index contributed by atoms with van der Waals surface area (Å²) in [4.78, 5) is 11.3. The maximum atomic E-state index is 11.3. The van der Waals surface area contributed by atoms with Crippen LogP contribution in [0.2, 0.25) is 0 Å². The maximum absolute atomic E-state index is 11.3. The molecule has 0 aliphatic rings. The molecule has 0 aliphatic carbocycles. The van der Waals surface area contributed by atoms with Gasteiger partial charge >= 0.3 is 0 Å². The highest BCUT2D eigenvalue weighted by Crippen LogP contribution is 2.12. The lowest BCUT2D eigenvalue weighted by Gasteiger charge is -2.05. The predicted molar refractivity (Wildman–Crippen MR) is 69.8 cm³/mol. The third-order valence-corrected chi connectivity index (χ3v) is 2.70. The monoisotopic (exact) mass is 401 g/mol. The van der Waals surface area contributed by atoms with E-state index in [-0.39, 0.29) is 5.91 Å². The average molecular weight is 401 g/mol. The van der Waals surface area contributed by atoms with Crippen molar-refractivity contribution in [1.29, 1.82) is 0 Å². The highest BCUT2D eigenvalue weighted by atomic mass is 127. The van der Waals surface area contributed by atoms with E-state index in [1.165, 1.54) is 5.56 Å². The lowest BCUT2D eigenvalue weighted by Crippen LogP contribution is -2.12. The summed E-state index contributed by atoms with van der Waals surface area (Å²) in [6.45, 7) is 2.03. The molecule has 0 heterocycles. The standard InChI is InChI=1S/C9H9I2NO/c1-7-3-2-4-8(5-7)6-9(13)12(10)11/h2-5H,6H2,1H3. The first kappa shape index (κ1) is 11.2. The Labute approximate surface area is 106 Å². The second-order valence-electron chi connectivity index (χ2n) is 2.79. The summed E-state index contributed by atoms with van der Waals surface area (Å²) in [5.41, 5.74) is 2.27. The van der Waals surface area contributed by atoms with Crippen LogP contribution >= 0.6 is 45.7 Å². The van der Waals surface area contributed by atoms with Crippen molar-refractivity contribution in [1.82, 2.24) is 1.33 Å². The van der Waals surface area contributed by atoms with E-state index in [0.717, 1.165) is 5.56 Å². The maximum Gasteiger partial charge on any atom is 0.244 e. The van der Waals surface area contributed by atoms with Crippen LogP contribution in [0.1, 0.15) is 11.1 Å². The summed E-state index contributed by atoms with van der Waals surface area (Å²) in [6.07, 6.45) is 0.480. The largest absolute Gasteiger partial charge is 0.273 e. The Kier molecular flexibility index (Phi) is 4.43. The second kappa shape index (κ2) is 5.14. The summed E-state index contributed by atoms with van der Waals surface area (Å²) < 4.78 is 1.55. The molecule has 0 aliphatic heterocycles. The van der Waals surface area contributed by atoms with Gasteiger partial charge in [0.25, 0.3) is 0 Å². The van der Waals surface area contributed by atoms with Gasteiger partial charge in [-0.25, -0.2) is 1.33 Å². The first-order valence-corrected chi connectivity index (χ1v) is 5.72. The quantitative estimate of drug-likeness (QED) is 0.552. The molecule has 0 aromatic heterocycles. The zero-order valence-corrected chi connectivity index (χ0v) is 11.4. The molecule has 1 amide bonds. The first-order valence-electron chi connectivity index (χ1n) is 3.79. The number of aryl methyl sites for hydroxylation is 1. The number of rotatable bonds is 2. The van der Waals surface area contributed by atoms with E-state index < -0.39 is 0 Å². The van der Waals surface area contributed by atoms with Crippen LogP contribution in [0.25, 0.3) is 0 Å². The fourth-order valence-corrected chi connectivity index (χ4v) is 1.40. The smallest absolute Gasteiger partial charge is 0.244 e. The first-order chi connectivity index (χ1) is 6.09. The zero-order chi connectivity index (χ0) is 9.84. The van der Waals surface area contributed by atoms with Crippen molar-refractivity contribution in [3.05, 3.63) is 35.4 Å². The summed E-state index contributed by atoms with van der Waals surface area (Å²) in [5, 5.41) is 0. The second-order valence-corrected chi connectivity index (χ2v) is 6.57. The van der Waals surface area contributed by atoms with Crippen LogP contribution in [0.5, 0.6) is 0 Å². The topological polar surface area (TPSA) is 20.3 Å². The Balaban J connectivity index is 2.69. The van der Waals surface area contributed by atoms with E-state index in [9.17, 15) is 4.79 Å². The van der Waals surface area contributed by atoms with Crippen molar-refractivity contribution in [3.8, 4) is 0 Å². The van der Waals surface area contributed by atoms with Gasteiger partial charge in [0.1, 0.15) is 0 Å². The highest BCUT2D eigenvalue weighted by molar-refractivity contribution is 14.2. The SMILES string of the molecule is Cc1cccc(CC(=O)N(I)I)c1. The minimum atomic E-state index is 0.117. The number of hydrogen-bond donors (Lipinski definition) is 0. The van der Waals surface area contributed by atoms with Gasteiger partial charge in [-0.2, -0.15) is 0 Å². The number of carbonyl (C=O) groups excluding carboxylic acids is 1. The van der Waals surface area contributed by atoms with Crippen molar-refractivity contribution in [2.45, 2.75) is 13.3 Å². The molecule has 13 heavy (non-hydrogen) atoms. The zero-order valence-electron chi connectivity index (χ0n) is 7.13. The van der Waals surface area contributed by atoms with Gasteiger partial charge < -0.3 is 0 Å². The molecule has 1 aromatic rings. The Morgan fingerprint density at radius 3 is 2.69 bits per heavy atom. The third kappa shape index (κ3) is 3.80. The molecular weight excluding hydrogens is 392 g/mol. The molecule has 0 fully saturated rings. The number of carbonyl (C=O) groups is 1. The average Bonchev–Trinajstić information content (AvgIpc) is 2.04. The fraction of sp³-hybridized carbons (Fsp3) is 0.222. The van der Waals surface area contributed by atoms with Crippen LogP contribution in [0, 0.1) is 6.92 Å². The minimum Gasteiger partial charge on any atom is -0.273 e. The number of benzene rings is 1. The molecule has 1 aromatic carbocycles. The van der Waals surface area contributed by atoms with Crippen LogP contribution in [-0.4, -0.2) is 7.23 Å². The van der Waals surface area contributed by atoms with Crippen molar-refractivity contribution >= 4 is 51.6 Å². The van der Waals surface area contributed by atoms with Crippen LogP contribution in [-0.2, 0) is 11.2 Å². The van der Waals surface area contributed by atoms with Gasteiger partial charge in [0.05, 0.1) is 52.1 Å². The molecule has 2 nitrogen and oxygen atoms in total. The Morgan fingerprint density at radius 1 is 1.46 bits per heavy atom. The Hall–Kier alpha value is 0.150. The van der Waals surface area contributed by atoms with E-state index >= 15 is 0 Å². The van der Waals surface area contributed by atoms with E-state index in [2.05, 4.69) is 0 Å². The fourth-order valence-electron chi connectivity index (χ4n) is 1.06. The predicted octanol–water partition coefficient (Wildman–Crippen LogP) is 3.07. The van der Waals surface area contributed by atoms with Crippen molar-refractivity contribution in [2.24, 2.45) is 0 Å². The molecule has 1 rings (SSSR count). The molecule has 0 saturated heterocycles. The van der Waals surface area contributed by atoms with E-state index in [0.29, 0.717) is 6.42 Å². The highest BCUT2D eigenvalue weighted by Gasteiger charge is 2.07.